The summed E-state index contributed by atoms with van der Waals surface area (Å²) in [6.07, 6.45) is 2.20. The summed E-state index contributed by atoms with van der Waals surface area (Å²) in [7, 11) is 1.60. The van der Waals surface area contributed by atoms with Gasteiger partial charge in [0.25, 0.3) is 5.91 Å². The minimum Gasteiger partial charge on any atom is -0.369 e. The molecule has 0 spiro atoms. The van der Waals surface area contributed by atoms with E-state index < -0.39 is 5.60 Å². The van der Waals surface area contributed by atoms with Crippen molar-refractivity contribution in [2.24, 2.45) is 5.92 Å². The third kappa shape index (κ3) is 3.48. The Labute approximate surface area is 144 Å². The van der Waals surface area contributed by atoms with Crippen molar-refractivity contribution in [2.45, 2.75) is 44.2 Å². The van der Waals surface area contributed by atoms with Crippen molar-refractivity contribution >= 4 is 5.91 Å². The molecule has 2 aliphatic rings. The molecule has 3 rings (SSSR count). The van der Waals surface area contributed by atoms with Gasteiger partial charge in [-0.2, -0.15) is 0 Å². The van der Waals surface area contributed by atoms with Gasteiger partial charge in [0.2, 0.25) is 0 Å². The lowest BCUT2D eigenvalue weighted by molar-refractivity contribution is -0.153. The molecule has 0 aromatic heterocycles. The summed E-state index contributed by atoms with van der Waals surface area (Å²) in [5, 5.41) is 0. The second kappa shape index (κ2) is 7.21. The van der Waals surface area contributed by atoms with Gasteiger partial charge < -0.3 is 9.64 Å². The van der Waals surface area contributed by atoms with Crippen molar-refractivity contribution in [1.82, 2.24) is 15.8 Å². The molecule has 5 heteroatoms. The fourth-order valence-electron chi connectivity index (χ4n) is 3.94. The Bertz CT molecular complexity index is 561. The first kappa shape index (κ1) is 17.4. The summed E-state index contributed by atoms with van der Waals surface area (Å²) in [6, 6.07) is 11.0. The number of methoxy groups -OCH3 is 1. The molecule has 2 heterocycles. The van der Waals surface area contributed by atoms with Crippen molar-refractivity contribution in [3.05, 3.63) is 35.9 Å². The van der Waals surface area contributed by atoms with Gasteiger partial charge in [0.05, 0.1) is 0 Å². The molecule has 0 aliphatic carbocycles. The van der Waals surface area contributed by atoms with Gasteiger partial charge in [-0.15, -0.1) is 0 Å². The average molecular weight is 331 g/mol. The number of ether oxygens (including phenoxy) is 1. The lowest BCUT2D eigenvalue weighted by Crippen LogP contribution is -2.53. The molecule has 0 saturated carbocycles. The van der Waals surface area contributed by atoms with Crippen LogP contribution in [0, 0.1) is 5.92 Å². The summed E-state index contributed by atoms with van der Waals surface area (Å²) in [5.41, 5.74) is 7.41. The number of hydrogen-bond acceptors (Lipinski definition) is 4. The number of carbonyl (C=O) groups is 1. The number of piperidine rings is 1. The highest BCUT2D eigenvalue weighted by atomic mass is 16.5. The van der Waals surface area contributed by atoms with Crippen molar-refractivity contribution in [3.8, 4) is 0 Å². The van der Waals surface area contributed by atoms with Gasteiger partial charge in [0.15, 0.2) is 0 Å². The Morgan fingerprint density at radius 3 is 2.75 bits per heavy atom. The zero-order valence-electron chi connectivity index (χ0n) is 14.9. The molecule has 2 fully saturated rings. The maximum absolute atomic E-state index is 12.7. The number of amides is 1. The number of hydrogen-bond donors (Lipinski definition) is 2. The number of likely N-dealkylation sites (tertiary alicyclic amines) is 1. The number of benzene rings is 1. The van der Waals surface area contributed by atoms with Crippen LogP contribution in [-0.2, 0) is 9.53 Å². The van der Waals surface area contributed by atoms with Crippen LogP contribution in [0.25, 0.3) is 0 Å². The summed E-state index contributed by atoms with van der Waals surface area (Å²) in [6.45, 7) is 6.26. The van der Waals surface area contributed by atoms with Crippen LogP contribution in [0.1, 0.15) is 38.2 Å². The first-order valence-electron chi connectivity index (χ1n) is 8.91. The van der Waals surface area contributed by atoms with E-state index in [-0.39, 0.29) is 5.91 Å². The Kier molecular flexibility index (Phi) is 5.23. The van der Waals surface area contributed by atoms with Gasteiger partial charge in [-0.3, -0.25) is 15.6 Å². The Morgan fingerprint density at radius 1 is 1.29 bits per heavy atom. The van der Waals surface area contributed by atoms with E-state index in [9.17, 15) is 4.79 Å². The van der Waals surface area contributed by atoms with Crippen molar-refractivity contribution < 1.29 is 9.53 Å². The molecule has 1 amide bonds. The van der Waals surface area contributed by atoms with Gasteiger partial charge in [0, 0.05) is 38.7 Å². The van der Waals surface area contributed by atoms with Crippen LogP contribution in [0.2, 0.25) is 0 Å². The highest BCUT2D eigenvalue weighted by molar-refractivity contribution is 5.84. The number of rotatable bonds is 4. The minimum absolute atomic E-state index is 0.0944. The Balaban J connectivity index is 1.71. The van der Waals surface area contributed by atoms with Crippen molar-refractivity contribution in [2.75, 3.05) is 26.7 Å². The van der Waals surface area contributed by atoms with E-state index >= 15 is 0 Å². The third-order valence-corrected chi connectivity index (χ3v) is 5.53. The first-order chi connectivity index (χ1) is 11.5. The molecule has 3 atom stereocenters. The third-order valence-electron chi connectivity index (χ3n) is 5.53. The van der Waals surface area contributed by atoms with Crippen molar-refractivity contribution in [3.63, 3.8) is 0 Å². The van der Waals surface area contributed by atoms with Crippen LogP contribution in [0.4, 0.5) is 0 Å². The molecule has 24 heavy (non-hydrogen) atoms. The van der Waals surface area contributed by atoms with Gasteiger partial charge in [-0.25, -0.2) is 0 Å². The SMILES string of the molecule is COC(C)(C)C(=O)N1CCCC(C2NNCC2c2ccccc2)C1. The number of nitrogens with one attached hydrogen (secondary N) is 2. The molecule has 1 aromatic carbocycles. The summed E-state index contributed by atoms with van der Waals surface area (Å²) >= 11 is 0. The first-order valence-corrected chi connectivity index (χ1v) is 8.91. The highest BCUT2D eigenvalue weighted by Crippen LogP contribution is 2.32. The van der Waals surface area contributed by atoms with Crippen LogP contribution < -0.4 is 10.9 Å². The van der Waals surface area contributed by atoms with Crippen LogP contribution >= 0.6 is 0 Å². The fourth-order valence-corrected chi connectivity index (χ4v) is 3.94. The minimum atomic E-state index is -0.748. The molecule has 132 valence electrons. The van der Waals surface area contributed by atoms with E-state index in [2.05, 4.69) is 41.2 Å². The van der Waals surface area contributed by atoms with E-state index in [1.54, 1.807) is 7.11 Å². The smallest absolute Gasteiger partial charge is 0.254 e. The fraction of sp³-hybridized carbons (Fsp3) is 0.632. The molecule has 5 nitrogen and oxygen atoms in total. The molecule has 3 unspecified atom stereocenters. The quantitative estimate of drug-likeness (QED) is 0.885. The van der Waals surface area contributed by atoms with Crippen LogP contribution in [0.3, 0.4) is 0 Å². The standard InChI is InChI=1S/C19H29N3O2/c1-19(2,24-3)18(23)22-11-7-10-15(13-22)17-16(12-20-21-17)14-8-5-4-6-9-14/h4-6,8-9,15-17,20-21H,7,10-13H2,1-3H3. The Hall–Kier alpha value is -1.43. The average Bonchev–Trinajstić information content (AvgIpc) is 3.11. The van der Waals surface area contributed by atoms with Gasteiger partial charge in [0.1, 0.15) is 5.60 Å². The zero-order valence-corrected chi connectivity index (χ0v) is 14.9. The number of nitrogens with zero attached hydrogens (tertiary/aromatic N) is 1. The lowest BCUT2D eigenvalue weighted by Gasteiger charge is -2.40. The second-order valence-corrected chi connectivity index (χ2v) is 7.44. The zero-order chi connectivity index (χ0) is 17.2. The predicted octanol–water partition coefficient (Wildman–Crippen LogP) is 1.91. The largest absolute Gasteiger partial charge is 0.369 e. The highest BCUT2D eigenvalue weighted by Gasteiger charge is 2.40. The molecule has 2 aliphatic heterocycles. The van der Waals surface area contributed by atoms with Crippen LogP contribution in [0.5, 0.6) is 0 Å². The van der Waals surface area contributed by atoms with Crippen LogP contribution in [0.15, 0.2) is 30.3 Å². The maximum Gasteiger partial charge on any atom is 0.254 e. The van der Waals surface area contributed by atoms with Gasteiger partial charge in [-0.05, 0) is 38.2 Å². The van der Waals surface area contributed by atoms with Gasteiger partial charge >= 0.3 is 0 Å². The van der Waals surface area contributed by atoms with E-state index in [0.29, 0.717) is 17.9 Å². The van der Waals surface area contributed by atoms with Crippen molar-refractivity contribution in [1.29, 1.82) is 0 Å². The molecule has 0 bridgehead atoms. The van der Waals surface area contributed by atoms with Gasteiger partial charge in [-0.1, -0.05) is 30.3 Å². The topological polar surface area (TPSA) is 53.6 Å². The number of carbonyl (C=O) groups excluding carboxylic acids is 1. The van der Waals surface area contributed by atoms with E-state index in [0.717, 1.165) is 32.5 Å². The molecular formula is C19H29N3O2. The Morgan fingerprint density at radius 2 is 2.04 bits per heavy atom. The van der Waals surface area contributed by atoms with Crippen LogP contribution in [-0.4, -0.2) is 49.2 Å². The molecule has 1 aromatic rings. The van der Waals surface area contributed by atoms with E-state index in [1.807, 2.05) is 18.7 Å². The summed E-state index contributed by atoms with van der Waals surface area (Å²) in [4.78, 5) is 14.7. The maximum atomic E-state index is 12.7. The number of hydrazine groups is 1. The lowest BCUT2D eigenvalue weighted by atomic mass is 9.81. The molecule has 2 N–H and O–H groups in total. The normalized spacial score (nSPS) is 28.1. The van der Waals surface area contributed by atoms with E-state index in [4.69, 9.17) is 4.74 Å². The molecule has 2 saturated heterocycles. The summed E-state index contributed by atoms with van der Waals surface area (Å²) < 4.78 is 5.38. The molecular weight excluding hydrogens is 302 g/mol. The van der Waals surface area contributed by atoms with E-state index in [1.165, 1.54) is 5.56 Å². The summed E-state index contributed by atoms with van der Waals surface area (Å²) in [5.74, 6) is 0.995. The second-order valence-electron chi connectivity index (χ2n) is 7.44. The predicted molar refractivity (Wildman–Crippen MR) is 94.5 cm³/mol. The monoisotopic (exact) mass is 331 g/mol. The molecule has 0 radical (unpaired) electrons.